The number of aromatic nitrogens is 2. The van der Waals surface area contributed by atoms with Gasteiger partial charge in [0.05, 0.1) is 11.3 Å². The third kappa shape index (κ3) is 4.32. The molecule has 1 aromatic heterocycles. The first-order valence-electron chi connectivity index (χ1n) is 6.88. The van der Waals surface area contributed by atoms with Gasteiger partial charge in [0, 0.05) is 25.8 Å². The number of hydrogen-bond acceptors (Lipinski definition) is 2. The maximum absolute atomic E-state index is 12.4. The number of benzene rings is 1. The van der Waals surface area contributed by atoms with Gasteiger partial charge >= 0.3 is 6.18 Å². The molecular weight excluding hydrogens is 279 g/mol. The Morgan fingerprint density at radius 1 is 1.10 bits per heavy atom. The molecule has 6 heteroatoms. The summed E-state index contributed by atoms with van der Waals surface area (Å²) >= 11 is 0. The zero-order chi connectivity index (χ0) is 15.3. The number of halogens is 3. The molecule has 0 atom stereocenters. The van der Waals surface area contributed by atoms with Crippen molar-refractivity contribution in [2.24, 2.45) is 0 Å². The van der Waals surface area contributed by atoms with Crippen molar-refractivity contribution >= 4 is 0 Å². The Morgan fingerprint density at radius 2 is 1.81 bits per heavy atom. The fourth-order valence-corrected chi connectivity index (χ4v) is 2.07. The predicted molar refractivity (Wildman–Crippen MR) is 74.5 cm³/mol. The molecule has 3 nitrogen and oxygen atoms in total. The lowest BCUT2D eigenvalue weighted by Crippen LogP contribution is -2.16. The van der Waals surface area contributed by atoms with Gasteiger partial charge in [-0.2, -0.15) is 18.3 Å². The van der Waals surface area contributed by atoms with Crippen molar-refractivity contribution in [3.63, 3.8) is 0 Å². The maximum atomic E-state index is 12.4. The van der Waals surface area contributed by atoms with Crippen molar-refractivity contribution in [2.45, 2.75) is 39.2 Å². The predicted octanol–water partition coefficient (Wildman–Crippen LogP) is 3.60. The molecule has 2 aromatic rings. The smallest absolute Gasteiger partial charge is 0.307 e. The van der Waals surface area contributed by atoms with Gasteiger partial charge in [-0.25, -0.2) is 0 Å². The van der Waals surface area contributed by atoms with Crippen LogP contribution in [-0.4, -0.2) is 9.78 Å². The lowest BCUT2D eigenvalue weighted by atomic mass is 10.1. The minimum Gasteiger partial charge on any atom is -0.307 e. The molecule has 2 rings (SSSR count). The molecule has 0 saturated heterocycles. The van der Waals surface area contributed by atoms with Gasteiger partial charge < -0.3 is 5.32 Å². The topological polar surface area (TPSA) is 29.9 Å². The van der Waals surface area contributed by atoms with Gasteiger partial charge in [-0.1, -0.05) is 19.1 Å². The average molecular weight is 297 g/mol. The van der Waals surface area contributed by atoms with Gasteiger partial charge in [0.1, 0.15) is 0 Å². The molecule has 0 aliphatic heterocycles. The second-order valence-corrected chi connectivity index (χ2v) is 4.84. The quantitative estimate of drug-likeness (QED) is 0.883. The van der Waals surface area contributed by atoms with Crippen LogP contribution >= 0.6 is 0 Å². The summed E-state index contributed by atoms with van der Waals surface area (Å²) in [5, 5.41) is 7.44. The lowest BCUT2D eigenvalue weighted by molar-refractivity contribution is -0.137. The highest BCUT2D eigenvalue weighted by molar-refractivity contribution is 5.24. The second-order valence-electron chi connectivity index (χ2n) is 4.84. The molecule has 1 aromatic carbocycles. The molecule has 0 bridgehead atoms. The van der Waals surface area contributed by atoms with Crippen LogP contribution < -0.4 is 5.32 Å². The highest BCUT2D eigenvalue weighted by Gasteiger charge is 2.29. The van der Waals surface area contributed by atoms with E-state index in [2.05, 4.69) is 17.3 Å². The molecule has 0 radical (unpaired) electrons. The molecular formula is C15H18F3N3. The minimum atomic E-state index is -4.28. The zero-order valence-corrected chi connectivity index (χ0v) is 11.8. The van der Waals surface area contributed by atoms with Crippen molar-refractivity contribution in [3.8, 4) is 0 Å². The minimum absolute atomic E-state index is 0.523. The summed E-state index contributed by atoms with van der Waals surface area (Å²) < 4.78 is 39.3. The lowest BCUT2D eigenvalue weighted by Gasteiger charge is -2.09. The van der Waals surface area contributed by atoms with Gasteiger partial charge in [-0.15, -0.1) is 0 Å². The first kappa shape index (κ1) is 15.6. The molecule has 21 heavy (non-hydrogen) atoms. The second kappa shape index (κ2) is 6.76. The molecule has 0 unspecified atom stereocenters. The van der Waals surface area contributed by atoms with E-state index in [-0.39, 0.29) is 0 Å². The fourth-order valence-electron chi connectivity index (χ4n) is 2.07. The van der Waals surface area contributed by atoms with E-state index in [9.17, 15) is 13.2 Å². The van der Waals surface area contributed by atoms with Crippen LogP contribution in [0.15, 0.2) is 36.5 Å². The van der Waals surface area contributed by atoms with E-state index < -0.39 is 11.7 Å². The number of nitrogens with one attached hydrogen (secondary N) is 1. The highest BCUT2D eigenvalue weighted by atomic mass is 19.4. The van der Waals surface area contributed by atoms with Gasteiger partial charge in [0.2, 0.25) is 0 Å². The summed E-state index contributed by atoms with van der Waals surface area (Å²) in [6.07, 6.45) is -1.52. The standard InChI is InChI=1S/C15H18F3N3/c1-2-9-21-14(7-8-20-21)11-19-10-12-3-5-13(6-4-12)15(16,17)18/h3-8,19H,2,9-11H2,1H3. The Labute approximate surface area is 121 Å². The van der Waals surface area contributed by atoms with Crippen LogP contribution in [0.5, 0.6) is 0 Å². The first-order valence-corrected chi connectivity index (χ1v) is 6.88. The number of rotatable bonds is 6. The van der Waals surface area contributed by atoms with Crippen LogP contribution in [0.4, 0.5) is 13.2 Å². The molecule has 0 fully saturated rings. The number of alkyl halides is 3. The third-order valence-corrected chi connectivity index (χ3v) is 3.16. The normalized spacial score (nSPS) is 11.8. The average Bonchev–Trinajstić information content (AvgIpc) is 2.86. The van der Waals surface area contributed by atoms with E-state index >= 15 is 0 Å². The zero-order valence-electron chi connectivity index (χ0n) is 11.8. The van der Waals surface area contributed by atoms with Gasteiger partial charge in [-0.3, -0.25) is 4.68 Å². The van der Waals surface area contributed by atoms with Crippen molar-refractivity contribution in [1.82, 2.24) is 15.1 Å². The van der Waals surface area contributed by atoms with E-state index in [1.165, 1.54) is 12.1 Å². The van der Waals surface area contributed by atoms with Crippen LogP contribution in [-0.2, 0) is 25.8 Å². The molecule has 1 heterocycles. The monoisotopic (exact) mass is 297 g/mol. The molecule has 0 aliphatic carbocycles. The SMILES string of the molecule is CCCn1nccc1CNCc1ccc(C(F)(F)F)cc1. The Bertz CT molecular complexity index is 558. The van der Waals surface area contributed by atoms with E-state index in [0.717, 1.165) is 36.4 Å². The van der Waals surface area contributed by atoms with Crippen LogP contribution in [0.1, 0.15) is 30.2 Å². The summed E-state index contributed by atoms with van der Waals surface area (Å²) in [5.74, 6) is 0. The van der Waals surface area contributed by atoms with E-state index in [1.54, 1.807) is 6.20 Å². The molecule has 0 aliphatic rings. The van der Waals surface area contributed by atoms with Crippen molar-refractivity contribution < 1.29 is 13.2 Å². The Balaban J connectivity index is 1.87. The van der Waals surface area contributed by atoms with E-state index in [1.807, 2.05) is 10.7 Å². The Kier molecular flexibility index (Phi) is 5.01. The van der Waals surface area contributed by atoms with Crippen molar-refractivity contribution in [1.29, 1.82) is 0 Å². The number of aryl methyl sites for hydroxylation is 1. The summed E-state index contributed by atoms with van der Waals surface area (Å²) in [6, 6.07) is 7.16. The Hall–Kier alpha value is -1.82. The van der Waals surface area contributed by atoms with Gasteiger partial charge in [0.15, 0.2) is 0 Å². The Morgan fingerprint density at radius 3 is 2.43 bits per heavy atom. The molecule has 0 spiro atoms. The van der Waals surface area contributed by atoms with E-state index in [0.29, 0.717) is 13.1 Å². The van der Waals surface area contributed by atoms with Gasteiger partial charge in [0.25, 0.3) is 0 Å². The van der Waals surface area contributed by atoms with Crippen molar-refractivity contribution in [2.75, 3.05) is 0 Å². The highest BCUT2D eigenvalue weighted by Crippen LogP contribution is 2.29. The van der Waals surface area contributed by atoms with E-state index in [4.69, 9.17) is 0 Å². The first-order chi connectivity index (χ1) is 10.0. The maximum Gasteiger partial charge on any atom is 0.416 e. The number of hydrogen-bond donors (Lipinski definition) is 1. The summed E-state index contributed by atoms with van der Waals surface area (Å²) in [4.78, 5) is 0. The number of nitrogens with zero attached hydrogens (tertiary/aromatic N) is 2. The largest absolute Gasteiger partial charge is 0.416 e. The van der Waals surface area contributed by atoms with Crippen molar-refractivity contribution in [3.05, 3.63) is 53.3 Å². The van der Waals surface area contributed by atoms with Crippen LogP contribution in [0.25, 0.3) is 0 Å². The van der Waals surface area contributed by atoms with Crippen LogP contribution in [0.2, 0.25) is 0 Å². The van der Waals surface area contributed by atoms with Crippen LogP contribution in [0, 0.1) is 0 Å². The fraction of sp³-hybridized carbons (Fsp3) is 0.400. The molecule has 0 amide bonds. The summed E-state index contributed by atoms with van der Waals surface area (Å²) in [5.41, 5.74) is 1.28. The summed E-state index contributed by atoms with van der Waals surface area (Å²) in [7, 11) is 0. The van der Waals surface area contributed by atoms with Gasteiger partial charge in [-0.05, 0) is 30.2 Å². The van der Waals surface area contributed by atoms with Crippen LogP contribution in [0.3, 0.4) is 0 Å². The molecule has 0 saturated carbocycles. The third-order valence-electron chi connectivity index (χ3n) is 3.16. The molecule has 1 N–H and O–H groups in total. The molecule has 114 valence electrons. The summed E-state index contributed by atoms with van der Waals surface area (Å²) in [6.45, 7) is 4.11.